The molecule has 2 aromatic heterocycles. The van der Waals surface area contributed by atoms with Gasteiger partial charge in [-0.15, -0.1) is 5.10 Å². The molecular formula is C19H24N8O. The van der Waals surface area contributed by atoms with Crippen LogP contribution >= 0.6 is 0 Å². The van der Waals surface area contributed by atoms with Crippen molar-refractivity contribution in [3.05, 3.63) is 49.1 Å². The van der Waals surface area contributed by atoms with E-state index in [0.29, 0.717) is 0 Å². The van der Waals surface area contributed by atoms with E-state index in [9.17, 15) is 4.79 Å². The molecule has 28 heavy (non-hydrogen) atoms. The van der Waals surface area contributed by atoms with E-state index in [1.807, 2.05) is 36.5 Å². The van der Waals surface area contributed by atoms with Crippen LogP contribution in [-0.2, 0) is 11.3 Å². The summed E-state index contributed by atoms with van der Waals surface area (Å²) in [5, 5.41) is 18.5. The molecule has 1 aliphatic rings. The number of carbonyl (C=O) groups is 1. The topological polar surface area (TPSA) is 93.8 Å². The minimum absolute atomic E-state index is 0.00939. The number of nitrogens with zero attached hydrogens (tertiary/aromatic N) is 7. The molecule has 1 N–H and O–H groups in total. The highest BCUT2D eigenvalue weighted by Gasteiger charge is 2.25. The molecule has 1 fully saturated rings. The molecular weight excluding hydrogens is 356 g/mol. The second kappa shape index (κ2) is 8.75. The quantitative estimate of drug-likeness (QED) is 0.669. The number of aromatic nitrogens is 6. The number of carbonyl (C=O) groups excluding carboxylic acids is 1. The Bertz CT molecular complexity index is 877. The second-order valence-electron chi connectivity index (χ2n) is 7.06. The maximum Gasteiger partial charge on any atom is 0.228 e. The van der Waals surface area contributed by atoms with Crippen LogP contribution in [0, 0.1) is 5.92 Å². The van der Waals surface area contributed by atoms with Crippen LogP contribution in [0.5, 0.6) is 0 Å². The molecule has 9 nitrogen and oxygen atoms in total. The number of anilines is 1. The summed E-state index contributed by atoms with van der Waals surface area (Å²) in [6, 6.07) is 9.63. The van der Waals surface area contributed by atoms with Gasteiger partial charge in [0.2, 0.25) is 5.91 Å². The van der Waals surface area contributed by atoms with E-state index in [4.69, 9.17) is 0 Å². The molecule has 1 amide bonds. The van der Waals surface area contributed by atoms with Crippen LogP contribution < -0.4 is 5.32 Å². The van der Waals surface area contributed by atoms with Crippen molar-refractivity contribution in [2.45, 2.75) is 25.8 Å². The number of likely N-dealkylation sites (tertiary alicyclic amines) is 1. The molecule has 0 aliphatic carbocycles. The number of hydrogen-bond donors (Lipinski definition) is 1. The Morgan fingerprint density at radius 2 is 2.21 bits per heavy atom. The van der Waals surface area contributed by atoms with Crippen LogP contribution in [0.3, 0.4) is 0 Å². The highest BCUT2D eigenvalue weighted by Crippen LogP contribution is 2.20. The summed E-state index contributed by atoms with van der Waals surface area (Å²) in [7, 11) is 0. The van der Waals surface area contributed by atoms with Gasteiger partial charge in [-0.1, -0.05) is 6.07 Å². The predicted octanol–water partition coefficient (Wildman–Crippen LogP) is 1.60. The lowest BCUT2D eigenvalue weighted by molar-refractivity contribution is -0.121. The van der Waals surface area contributed by atoms with Crippen LogP contribution in [0.1, 0.15) is 19.3 Å². The van der Waals surface area contributed by atoms with Crippen molar-refractivity contribution in [2.24, 2.45) is 5.92 Å². The summed E-state index contributed by atoms with van der Waals surface area (Å²) >= 11 is 0. The van der Waals surface area contributed by atoms with Crippen LogP contribution in [0.25, 0.3) is 5.69 Å². The monoisotopic (exact) mass is 380 g/mol. The molecule has 146 valence electrons. The minimum Gasteiger partial charge on any atom is -0.326 e. The average Bonchev–Trinajstić information content (AvgIpc) is 3.43. The van der Waals surface area contributed by atoms with Crippen molar-refractivity contribution in [2.75, 3.05) is 25.0 Å². The standard InChI is InChI=1S/C19H24N8O/c28-19(22-17-6-1-7-18(13-17)27-12-3-8-21-27)16-5-2-9-25(14-16)10-4-11-26-15-20-23-24-26/h1,3,6-8,12-13,15-16H,2,4-5,9-11,14H2,(H,22,28)/t16-/m0/s1. The van der Waals surface area contributed by atoms with Crippen molar-refractivity contribution < 1.29 is 4.79 Å². The number of rotatable bonds is 7. The summed E-state index contributed by atoms with van der Waals surface area (Å²) in [4.78, 5) is 15.1. The van der Waals surface area contributed by atoms with E-state index in [1.165, 1.54) is 0 Å². The number of amides is 1. The summed E-state index contributed by atoms with van der Waals surface area (Å²) < 4.78 is 3.52. The average molecular weight is 380 g/mol. The second-order valence-corrected chi connectivity index (χ2v) is 7.06. The summed E-state index contributed by atoms with van der Waals surface area (Å²) in [5.74, 6) is 0.0953. The van der Waals surface area contributed by atoms with Crippen molar-refractivity contribution in [3.8, 4) is 5.69 Å². The Hall–Kier alpha value is -3.07. The van der Waals surface area contributed by atoms with Gasteiger partial charge in [-0.2, -0.15) is 5.10 Å². The van der Waals surface area contributed by atoms with Gasteiger partial charge in [-0.3, -0.25) is 4.79 Å². The van der Waals surface area contributed by atoms with Crippen LogP contribution in [0.4, 0.5) is 5.69 Å². The first-order valence-corrected chi connectivity index (χ1v) is 9.62. The number of piperidine rings is 1. The Kier molecular flexibility index (Phi) is 5.72. The molecule has 0 saturated carbocycles. The lowest BCUT2D eigenvalue weighted by Crippen LogP contribution is -2.41. The maximum absolute atomic E-state index is 12.8. The minimum atomic E-state index is 0.00939. The lowest BCUT2D eigenvalue weighted by Gasteiger charge is -2.32. The van der Waals surface area contributed by atoms with E-state index in [1.54, 1.807) is 21.9 Å². The van der Waals surface area contributed by atoms with Crippen molar-refractivity contribution in [1.82, 2.24) is 34.9 Å². The number of aryl methyl sites for hydroxylation is 1. The predicted molar refractivity (Wildman–Crippen MR) is 104 cm³/mol. The fourth-order valence-corrected chi connectivity index (χ4v) is 3.60. The SMILES string of the molecule is O=C(Nc1cccc(-n2cccn2)c1)[C@H]1CCCN(CCCn2cnnn2)C1. The molecule has 3 heterocycles. The fourth-order valence-electron chi connectivity index (χ4n) is 3.60. The van der Waals surface area contributed by atoms with E-state index in [0.717, 1.165) is 56.8 Å². The lowest BCUT2D eigenvalue weighted by atomic mass is 9.97. The zero-order valence-corrected chi connectivity index (χ0v) is 15.7. The van der Waals surface area contributed by atoms with Gasteiger partial charge in [0.25, 0.3) is 0 Å². The maximum atomic E-state index is 12.8. The molecule has 1 aliphatic heterocycles. The first-order valence-electron chi connectivity index (χ1n) is 9.62. The molecule has 1 aromatic carbocycles. The normalized spacial score (nSPS) is 17.5. The Labute approximate surface area is 163 Å². The van der Waals surface area contributed by atoms with Gasteiger partial charge < -0.3 is 10.2 Å². The molecule has 0 unspecified atom stereocenters. The number of benzene rings is 1. The molecule has 0 radical (unpaired) electrons. The van der Waals surface area contributed by atoms with Gasteiger partial charge in [0.15, 0.2) is 0 Å². The molecule has 4 rings (SSSR count). The van der Waals surface area contributed by atoms with Gasteiger partial charge in [-0.05, 0) is 67.0 Å². The highest BCUT2D eigenvalue weighted by atomic mass is 16.1. The smallest absolute Gasteiger partial charge is 0.228 e. The highest BCUT2D eigenvalue weighted by molar-refractivity contribution is 5.93. The number of hydrogen-bond acceptors (Lipinski definition) is 6. The zero-order valence-electron chi connectivity index (χ0n) is 15.7. The van der Waals surface area contributed by atoms with E-state index in [-0.39, 0.29) is 11.8 Å². The van der Waals surface area contributed by atoms with E-state index < -0.39 is 0 Å². The van der Waals surface area contributed by atoms with E-state index >= 15 is 0 Å². The molecule has 0 spiro atoms. The van der Waals surface area contributed by atoms with Crippen molar-refractivity contribution in [3.63, 3.8) is 0 Å². The largest absolute Gasteiger partial charge is 0.326 e. The fraction of sp³-hybridized carbons (Fsp3) is 0.421. The van der Waals surface area contributed by atoms with Gasteiger partial charge in [0.1, 0.15) is 6.33 Å². The van der Waals surface area contributed by atoms with Crippen LogP contribution in [0.2, 0.25) is 0 Å². The van der Waals surface area contributed by atoms with E-state index in [2.05, 4.69) is 30.8 Å². The third-order valence-corrected chi connectivity index (χ3v) is 5.01. The number of nitrogens with one attached hydrogen (secondary N) is 1. The Morgan fingerprint density at radius 3 is 3.04 bits per heavy atom. The Balaban J connectivity index is 1.30. The third kappa shape index (κ3) is 4.61. The zero-order chi connectivity index (χ0) is 19.2. The first-order chi connectivity index (χ1) is 13.8. The molecule has 1 atom stereocenters. The first kappa shape index (κ1) is 18.3. The number of tetrazole rings is 1. The van der Waals surface area contributed by atoms with Gasteiger partial charge in [-0.25, -0.2) is 9.36 Å². The molecule has 9 heteroatoms. The molecule has 1 saturated heterocycles. The molecule has 0 bridgehead atoms. The van der Waals surface area contributed by atoms with Gasteiger partial charge >= 0.3 is 0 Å². The summed E-state index contributed by atoms with van der Waals surface area (Å²) in [6.07, 6.45) is 8.18. The van der Waals surface area contributed by atoms with Gasteiger partial charge in [0, 0.05) is 31.2 Å². The van der Waals surface area contributed by atoms with Gasteiger partial charge in [0.05, 0.1) is 11.6 Å². The van der Waals surface area contributed by atoms with Crippen LogP contribution in [-0.4, -0.2) is 60.4 Å². The van der Waals surface area contributed by atoms with Crippen LogP contribution in [0.15, 0.2) is 49.1 Å². The third-order valence-electron chi connectivity index (χ3n) is 5.01. The summed E-state index contributed by atoms with van der Waals surface area (Å²) in [5.41, 5.74) is 1.73. The summed E-state index contributed by atoms with van der Waals surface area (Å²) in [6.45, 7) is 3.56. The van der Waals surface area contributed by atoms with Crippen molar-refractivity contribution in [1.29, 1.82) is 0 Å². The molecule has 3 aromatic rings. The van der Waals surface area contributed by atoms with Crippen molar-refractivity contribution >= 4 is 11.6 Å². The Morgan fingerprint density at radius 1 is 1.25 bits per heavy atom.